The van der Waals surface area contributed by atoms with Crippen molar-refractivity contribution in [2.24, 2.45) is 5.92 Å². The second kappa shape index (κ2) is 3.81. The van der Waals surface area contributed by atoms with Crippen molar-refractivity contribution in [2.45, 2.75) is 44.4 Å². The maximum Gasteiger partial charge on any atom is 0.326 e. The summed E-state index contributed by atoms with van der Waals surface area (Å²) in [6.45, 7) is 1.97. The van der Waals surface area contributed by atoms with E-state index in [1.807, 2.05) is 6.92 Å². The van der Waals surface area contributed by atoms with Crippen molar-refractivity contribution in [3.63, 3.8) is 0 Å². The molecule has 0 radical (unpaired) electrons. The average Bonchev–Trinajstić information content (AvgIpc) is 2.71. The van der Waals surface area contributed by atoms with E-state index >= 15 is 0 Å². The summed E-state index contributed by atoms with van der Waals surface area (Å²) in [5.41, 5.74) is 0. The van der Waals surface area contributed by atoms with Crippen LogP contribution < -0.4 is 5.32 Å². The van der Waals surface area contributed by atoms with Gasteiger partial charge in [0.2, 0.25) is 5.91 Å². The second-order valence-electron chi connectivity index (χ2n) is 4.31. The Kier molecular flexibility index (Phi) is 2.65. The van der Waals surface area contributed by atoms with Gasteiger partial charge in [-0.15, -0.1) is 0 Å². The van der Waals surface area contributed by atoms with Crippen molar-refractivity contribution >= 4 is 11.9 Å². The van der Waals surface area contributed by atoms with Crippen molar-refractivity contribution < 1.29 is 19.4 Å². The molecule has 0 aromatic carbocycles. The lowest BCUT2D eigenvalue weighted by molar-refractivity contribution is -0.142. The lowest BCUT2D eigenvalue weighted by Crippen LogP contribution is -2.41. The highest BCUT2D eigenvalue weighted by Crippen LogP contribution is 2.31. The lowest BCUT2D eigenvalue weighted by atomic mass is 9.92. The van der Waals surface area contributed by atoms with E-state index in [-0.39, 0.29) is 30.5 Å². The highest BCUT2D eigenvalue weighted by Gasteiger charge is 2.44. The Hall–Kier alpha value is -1.10. The summed E-state index contributed by atoms with van der Waals surface area (Å²) in [7, 11) is 0. The van der Waals surface area contributed by atoms with Gasteiger partial charge in [0.25, 0.3) is 0 Å². The van der Waals surface area contributed by atoms with Gasteiger partial charge in [0.05, 0.1) is 12.2 Å². The number of carboxylic acid groups (broad SMARTS) is 1. The summed E-state index contributed by atoms with van der Waals surface area (Å²) < 4.78 is 5.62. The van der Waals surface area contributed by atoms with Crippen LogP contribution in [0.4, 0.5) is 0 Å². The number of amides is 1. The minimum atomic E-state index is -0.964. The molecule has 0 spiro atoms. The molecule has 84 valence electrons. The number of rotatable bonds is 2. The third-order valence-corrected chi connectivity index (χ3v) is 3.17. The first-order chi connectivity index (χ1) is 7.08. The number of nitrogens with one attached hydrogen (secondary N) is 1. The molecule has 15 heavy (non-hydrogen) atoms. The molecular weight excluding hydrogens is 198 g/mol. The second-order valence-corrected chi connectivity index (χ2v) is 4.31. The molecule has 2 aliphatic rings. The van der Waals surface area contributed by atoms with E-state index in [2.05, 4.69) is 5.32 Å². The molecule has 4 atom stereocenters. The van der Waals surface area contributed by atoms with Crippen molar-refractivity contribution in [1.82, 2.24) is 5.32 Å². The summed E-state index contributed by atoms with van der Waals surface area (Å²) in [5, 5.41) is 11.4. The van der Waals surface area contributed by atoms with Crippen LogP contribution in [0.1, 0.15) is 26.2 Å². The number of carbonyl (C=O) groups is 2. The van der Waals surface area contributed by atoms with Crippen molar-refractivity contribution in [3.05, 3.63) is 0 Å². The number of ether oxygens (including phenoxy) is 1. The van der Waals surface area contributed by atoms with E-state index in [1.54, 1.807) is 0 Å². The van der Waals surface area contributed by atoms with Gasteiger partial charge < -0.3 is 15.2 Å². The molecule has 1 amide bonds. The summed E-state index contributed by atoms with van der Waals surface area (Å²) >= 11 is 0. The first kappa shape index (κ1) is 10.4. The van der Waals surface area contributed by atoms with Crippen LogP contribution in [0.25, 0.3) is 0 Å². The monoisotopic (exact) mass is 213 g/mol. The van der Waals surface area contributed by atoms with Crippen LogP contribution in [0.2, 0.25) is 0 Å². The highest BCUT2D eigenvalue weighted by molar-refractivity contribution is 5.88. The van der Waals surface area contributed by atoms with Crippen LogP contribution in [0.5, 0.6) is 0 Å². The van der Waals surface area contributed by atoms with Gasteiger partial charge in [-0.1, -0.05) is 0 Å². The Morgan fingerprint density at radius 2 is 2.27 bits per heavy atom. The Balaban J connectivity index is 2.06. The van der Waals surface area contributed by atoms with Gasteiger partial charge in [0.1, 0.15) is 6.04 Å². The van der Waals surface area contributed by atoms with Gasteiger partial charge >= 0.3 is 5.97 Å². The minimum absolute atomic E-state index is 0.0833. The van der Waals surface area contributed by atoms with Gasteiger partial charge in [-0.05, 0) is 19.8 Å². The largest absolute Gasteiger partial charge is 0.480 e. The number of aliphatic carboxylic acids is 1. The van der Waals surface area contributed by atoms with Crippen molar-refractivity contribution in [3.8, 4) is 0 Å². The highest BCUT2D eigenvalue weighted by atomic mass is 16.5. The number of hydrogen-bond donors (Lipinski definition) is 2. The van der Waals surface area contributed by atoms with Gasteiger partial charge in [-0.2, -0.15) is 0 Å². The molecule has 2 N–H and O–H groups in total. The first-order valence-electron chi connectivity index (χ1n) is 5.25. The Bertz CT molecular complexity index is 291. The van der Waals surface area contributed by atoms with E-state index in [4.69, 9.17) is 9.84 Å². The van der Waals surface area contributed by atoms with Gasteiger partial charge in [0.15, 0.2) is 0 Å². The third kappa shape index (κ3) is 1.97. The minimum Gasteiger partial charge on any atom is -0.480 e. The maximum atomic E-state index is 11.2. The van der Waals surface area contributed by atoms with E-state index in [1.165, 1.54) is 0 Å². The number of hydrogen-bond acceptors (Lipinski definition) is 3. The summed E-state index contributed by atoms with van der Waals surface area (Å²) in [5.74, 6) is -1.36. The predicted molar refractivity (Wildman–Crippen MR) is 51.2 cm³/mol. The molecule has 0 saturated carbocycles. The van der Waals surface area contributed by atoms with Crippen LogP contribution in [-0.4, -0.2) is 35.2 Å². The normalized spacial score (nSPS) is 40.5. The van der Waals surface area contributed by atoms with Crippen LogP contribution in [-0.2, 0) is 14.3 Å². The quantitative estimate of drug-likeness (QED) is 0.684. The fourth-order valence-electron chi connectivity index (χ4n) is 2.41. The zero-order chi connectivity index (χ0) is 11.0. The van der Waals surface area contributed by atoms with E-state index in [0.29, 0.717) is 0 Å². The van der Waals surface area contributed by atoms with Crippen LogP contribution in [0, 0.1) is 5.92 Å². The van der Waals surface area contributed by atoms with Crippen LogP contribution >= 0.6 is 0 Å². The SMILES string of the molecule is CC1CCC(C2CC(=O)NC2C(=O)O)O1. The van der Waals surface area contributed by atoms with Crippen LogP contribution in [0.3, 0.4) is 0 Å². The Labute approximate surface area is 87.8 Å². The molecule has 5 nitrogen and oxygen atoms in total. The van der Waals surface area contributed by atoms with E-state index < -0.39 is 12.0 Å². The predicted octanol–water partition coefficient (Wildman–Crippen LogP) is 0.143. The summed E-state index contributed by atoms with van der Waals surface area (Å²) in [4.78, 5) is 22.1. The molecule has 2 fully saturated rings. The average molecular weight is 213 g/mol. The van der Waals surface area contributed by atoms with E-state index in [9.17, 15) is 9.59 Å². The Morgan fingerprint density at radius 3 is 2.80 bits per heavy atom. The number of carboxylic acids is 1. The fourth-order valence-corrected chi connectivity index (χ4v) is 2.41. The van der Waals surface area contributed by atoms with Gasteiger partial charge in [0, 0.05) is 12.3 Å². The molecule has 2 rings (SSSR count). The van der Waals surface area contributed by atoms with E-state index in [0.717, 1.165) is 12.8 Å². The zero-order valence-corrected chi connectivity index (χ0v) is 8.60. The molecule has 0 aromatic rings. The zero-order valence-electron chi connectivity index (χ0n) is 8.60. The van der Waals surface area contributed by atoms with Crippen LogP contribution in [0.15, 0.2) is 0 Å². The molecular formula is C10H15NO4. The van der Waals surface area contributed by atoms with Gasteiger partial charge in [-0.25, -0.2) is 4.79 Å². The molecule has 5 heteroatoms. The van der Waals surface area contributed by atoms with Crippen molar-refractivity contribution in [1.29, 1.82) is 0 Å². The third-order valence-electron chi connectivity index (χ3n) is 3.17. The molecule has 4 unspecified atom stereocenters. The maximum absolute atomic E-state index is 11.2. The molecule has 0 aliphatic carbocycles. The first-order valence-corrected chi connectivity index (χ1v) is 5.25. The number of carbonyl (C=O) groups excluding carboxylic acids is 1. The van der Waals surface area contributed by atoms with Crippen molar-refractivity contribution in [2.75, 3.05) is 0 Å². The molecule has 0 bridgehead atoms. The standard InChI is InChI=1S/C10H15NO4/c1-5-2-3-7(15-5)6-4-8(12)11-9(6)10(13)14/h5-7,9H,2-4H2,1H3,(H,11,12)(H,13,14). The summed E-state index contributed by atoms with van der Waals surface area (Å²) in [6.07, 6.45) is 2.17. The van der Waals surface area contributed by atoms with Gasteiger partial charge in [-0.3, -0.25) is 4.79 Å². The smallest absolute Gasteiger partial charge is 0.326 e. The fraction of sp³-hybridized carbons (Fsp3) is 0.800. The molecule has 2 saturated heterocycles. The molecule has 0 aromatic heterocycles. The summed E-state index contributed by atoms with van der Waals surface area (Å²) in [6, 6.07) is -0.771. The lowest BCUT2D eigenvalue weighted by Gasteiger charge is -2.21. The molecule has 2 heterocycles. The Morgan fingerprint density at radius 1 is 1.53 bits per heavy atom. The topological polar surface area (TPSA) is 75.6 Å². The molecule has 2 aliphatic heterocycles.